The summed E-state index contributed by atoms with van der Waals surface area (Å²) in [6.45, 7) is 9.47. The van der Waals surface area contributed by atoms with Crippen molar-refractivity contribution in [3.8, 4) is 5.75 Å². The van der Waals surface area contributed by atoms with Gasteiger partial charge in [0.25, 0.3) is 0 Å². The van der Waals surface area contributed by atoms with E-state index in [2.05, 4.69) is 5.32 Å². The molecule has 1 amide bonds. The smallest absolute Gasteiger partial charge is 0.243 e. The van der Waals surface area contributed by atoms with Gasteiger partial charge in [-0.05, 0) is 58.4 Å². The third kappa shape index (κ3) is 5.51. The van der Waals surface area contributed by atoms with Gasteiger partial charge in [0.2, 0.25) is 15.9 Å². The Balaban J connectivity index is 2.93. The number of amides is 1. The maximum Gasteiger partial charge on any atom is 0.243 e. The molecule has 7 heteroatoms. The van der Waals surface area contributed by atoms with Crippen LogP contribution in [-0.4, -0.2) is 44.4 Å². The second-order valence-electron chi connectivity index (χ2n) is 6.42. The van der Waals surface area contributed by atoms with E-state index in [1.165, 1.54) is 13.1 Å². The van der Waals surface area contributed by atoms with E-state index in [4.69, 9.17) is 4.74 Å². The number of sulfonamides is 1. The van der Waals surface area contributed by atoms with Gasteiger partial charge in [0.05, 0.1) is 18.0 Å². The van der Waals surface area contributed by atoms with E-state index in [0.29, 0.717) is 12.4 Å². The van der Waals surface area contributed by atoms with Crippen LogP contribution in [-0.2, 0) is 14.8 Å². The molecule has 6 nitrogen and oxygen atoms in total. The standard InChI is InChI=1S/C16H26N2O4S/c1-7-22-14-9-8-13(10-12(14)2)23(20,21)18(6)11-15(19)17-16(3,4)5/h8-10H,7,11H2,1-6H3,(H,17,19). The molecule has 0 aromatic heterocycles. The van der Waals surface area contributed by atoms with E-state index in [1.807, 2.05) is 27.7 Å². The average Bonchev–Trinajstić information content (AvgIpc) is 2.38. The lowest BCUT2D eigenvalue weighted by Gasteiger charge is -2.23. The van der Waals surface area contributed by atoms with Gasteiger partial charge in [0, 0.05) is 12.6 Å². The highest BCUT2D eigenvalue weighted by molar-refractivity contribution is 7.89. The third-order valence-corrected chi connectivity index (χ3v) is 4.83. The lowest BCUT2D eigenvalue weighted by atomic mass is 10.1. The quantitative estimate of drug-likeness (QED) is 0.857. The zero-order valence-electron chi connectivity index (χ0n) is 14.6. The van der Waals surface area contributed by atoms with Crippen LogP contribution < -0.4 is 10.1 Å². The minimum Gasteiger partial charge on any atom is -0.494 e. The van der Waals surface area contributed by atoms with Gasteiger partial charge < -0.3 is 10.1 Å². The highest BCUT2D eigenvalue weighted by atomic mass is 32.2. The number of hydrogen-bond donors (Lipinski definition) is 1. The predicted octanol–water partition coefficient (Wildman–Crippen LogP) is 1.93. The Hall–Kier alpha value is -1.60. The molecule has 23 heavy (non-hydrogen) atoms. The Morgan fingerprint density at radius 1 is 1.30 bits per heavy atom. The monoisotopic (exact) mass is 342 g/mol. The largest absolute Gasteiger partial charge is 0.494 e. The topological polar surface area (TPSA) is 75.7 Å². The number of carbonyl (C=O) groups excluding carboxylic acids is 1. The molecule has 0 saturated heterocycles. The van der Waals surface area contributed by atoms with Crippen LogP contribution in [0.2, 0.25) is 0 Å². The summed E-state index contributed by atoms with van der Waals surface area (Å²) >= 11 is 0. The fraction of sp³-hybridized carbons (Fsp3) is 0.562. The molecule has 0 aliphatic carbocycles. The molecule has 1 rings (SSSR count). The van der Waals surface area contributed by atoms with E-state index in [-0.39, 0.29) is 17.3 Å². The fourth-order valence-electron chi connectivity index (χ4n) is 2.02. The van der Waals surface area contributed by atoms with Gasteiger partial charge in [-0.2, -0.15) is 4.31 Å². The number of ether oxygens (including phenoxy) is 1. The van der Waals surface area contributed by atoms with E-state index in [1.54, 1.807) is 19.1 Å². The lowest BCUT2D eigenvalue weighted by molar-refractivity contribution is -0.122. The summed E-state index contributed by atoms with van der Waals surface area (Å²) < 4.78 is 31.6. The zero-order chi connectivity index (χ0) is 17.8. The first-order valence-corrected chi connectivity index (χ1v) is 8.92. The van der Waals surface area contributed by atoms with Crippen LogP contribution in [0, 0.1) is 6.92 Å². The number of rotatable bonds is 6. The van der Waals surface area contributed by atoms with Crippen molar-refractivity contribution in [1.82, 2.24) is 9.62 Å². The minimum atomic E-state index is -3.73. The summed E-state index contributed by atoms with van der Waals surface area (Å²) in [4.78, 5) is 12.1. The summed E-state index contributed by atoms with van der Waals surface area (Å²) in [6, 6.07) is 4.68. The van der Waals surface area contributed by atoms with Gasteiger partial charge in [-0.3, -0.25) is 4.79 Å². The van der Waals surface area contributed by atoms with Crippen LogP contribution in [0.25, 0.3) is 0 Å². The Bertz CT molecular complexity index is 663. The predicted molar refractivity (Wildman–Crippen MR) is 90.1 cm³/mol. The first-order chi connectivity index (χ1) is 10.5. The molecule has 130 valence electrons. The van der Waals surface area contributed by atoms with Crippen molar-refractivity contribution in [2.45, 2.75) is 45.1 Å². The number of hydrogen-bond acceptors (Lipinski definition) is 4. The van der Waals surface area contributed by atoms with Crippen LogP contribution in [0.15, 0.2) is 23.1 Å². The number of carbonyl (C=O) groups is 1. The molecule has 0 fully saturated rings. The number of aryl methyl sites for hydroxylation is 1. The summed E-state index contributed by atoms with van der Waals surface area (Å²) in [6.07, 6.45) is 0. The zero-order valence-corrected chi connectivity index (χ0v) is 15.5. The average molecular weight is 342 g/mol. The SMILES string of the molecule is CCOc1ccc(S(=O)(=O)N(C)CC(=O)NC(C)(C)C)cc1C. The molecule has 0 aliphatic heterocycles. The lowest BCUT2D eigenvalue weighted by Crippen LogP contribution is -2.46. The van der Waals surface area contributed by atoms with Gasteiger partial charge in [0.1, 0.15) is 5.75 Å². The van der Waals surface area contributed by atoms with E-state index in [9.17, 15) is 13.2 Å². The molecular formula is C16H26N2O4S. The summed E-state index contributed by atoms with van der Waals surface area (Å²) in [5, 5.41) is 2.75. The first-order valence-electron chi connectivity index (χ1n) is 7.48. The number of nitrogens with one attached hydrogen (secondary N) is 1. The summed E-state index contributed by atoms with van der Waals surface area (Å²) in [7, 11) is -2.33. The maximum atomic E-state index is 12.6. The molecule has 0 radical (unpaired) electrons. The third-order valence-electron chi connectivity index (χ3n) is 3.04. The van der Waals surface area contributed by atoms with E-state index in [0.717, 1.165) is 9.87 Å². The number of likely N-dealkylation sites (N-methyl/N-ethyl adjacent to an activating group) is 1. The molecule has 0 spiro atoms. The van der Waals surface area contributed by atoms with Gasteiger partial charge in [0.15, 0.2) is 0 Å². The Morgan fingerprint density at radius 3 is 2.39 bits per heavy atom. The van der Waals surface area contributed by atoms with Crippen molar-refractivity contribution in [2.75, 3.05) is 20.2 Å². The second-order valence-corrected chi connectivity index (χ2v) is 8.46. The van der Waals surface area contributed by atoms with E-state index >= 15 is 0 Å². The van der Waals surface area contributed by atoms with Crippen molar-refractivity contribution < 1.29 is 17.9 Å². The molecule has 0 aliphatic rings. The molecular weight excluding hydrogens is 316 g/mol. The molecule has 0 heterocycles. The molecule has 1 aromatic rings. The van der Waals surface area contributed by atoms with Gasteiger partial charge in [-0.15, -0.1) is 0 Å². The Kier molecular flexibility index (Phi) is 6.18. The van der Waals surface area contributed by atoms with Crippen LogP contribution >= 0.6 is 0 Å². The molecule has 0 bridgehead atoms. The van der Waals surface area contributed by atoms with Gasteiger partial charge in [-0.1, -0.05) is 0 Å². The maximum absolute atomic E-state index is 12.6. The van der Waals surface area contributed by atoms with E-state index < -0.39 is 15.6 Å². The Labute approximate surface area is 138 Å². The normalized spacial score (nSPS) is 12.3. The van der Waals surface area contributed by atoms with Crippen LogP contribution in [0.1, 0.15) is 33.3 Å². The van der Waals surface area contributed by atoms with Crippen LogP contribution in [0.5, 0.6) is 5.75 Å². The van der Waals surface area contributed by atoms with Gasteiger partial charge >= 0.3 is 0 Å². The highest BCUT2D eigenvalue weighted by Gasteiger charge is 2.25. The van der Waals surface area contributed by atoms with Crippen LogP contribution in [0.4, 0.5) is 0 Å². The van der Waals surface area contributed by atoms with Crippen molar-refractivity contribution in [3.05, 3.63) is 23.8 Å². The summed E-state index contributed by atoms with van der Waals surface area (Å²) in [5.74, 6) is 0.311. The van der Waals surface area contributed by atoms with Crippen molar-refractivity contribution in [2.24, 2.45) is 0 Å². The number of benzene rings is 1. The number of nitrogens with zero attached hydrogens (tertiary/aromatic N) is 1. The molecule has 0 unspecified atom stereocenters. The molecule has 1 N–H and O–H groups in total. The molecule has 1 aromatic carbocycles. The van der Waals surface area contributed by atoms with Crippen LogP contribution in [0.3, 0.4) is 0 Å². The molecule has 0 saturated carbocycles. The van der Waals surface area contributed by atoms with Crippen molar-refractivity contribution in [3.63, 3.8) is 0 Å². The van der Waals surface area contributed by atoms with Gasteiger partial charge in [-0.25, -0.2) is 8.42 Å². The fourth-order valence-corrected chi connectivity index (χ4v) is 3.24. The first kappa shape index (κ1) is 19.4. The summed E-state index contributed by atoms with van der Waals surface area (Å²) in [5.41, 5.74) is 0.331. The highest BCUT2D eigenvalue weighted by Crippen LogP contribution is 2.23. The minimum absolute atomic E-state index is 0.143. The van der Waals surface area contributed by atoms with Crippen molar-refractivity contribution in [1.29, 1.82) is 0 Å². The Morgan fingerprint density at radius 2 is 1.91 bits per heavy atom. The van der Waals surface area contributed by atoms with Crippen molar-refractivity contribution >= 4 is 15.9 Å². The second kappa shape index (κ2) is 7.31. The molecule has 0 atom stereocenters.